The summed E-state index contributed by atoms with van der Waals surface area (Å²) in [6.45, 7) is 5.24. The molecule has 2 aromatic carbocycles. The van der Waals surface area contributed by atoms with E-state index >= 15 is 0 Å². The van der Waals surface area contributed by atoms with Gasteiger partial charge in [-0.25, -0.2) is 0 Å². The number of nitrogens with one attached hydrogen (secondary N) is 1. The highest BCUT2D eigenvalue weighted by Gasteiger charge is 2.06. The first-order valence-electron chi connectivity index (χ1n) is 7.02. The first-order valence-corrected chi connectivity index (χ1v) is 7.02. The molecule has 2 rings (SSSR count). The zero-order valence-corrected chi connectivity index (χ0v) is 12.8. The molecule has 0 saturated heterocycles. The van der Waals surface area contributed by atoms with E-state index in [-0.39, 0.29) is 5.91 Å². The molecular weight excluding hydrogens is 262 g/mol. The molecule has 1 amide bonds. The van der Waals surface area contributed by atoms with Crippen LogP contribution in [0.1, 0.15) is 32.6 Å². The van der Waals surface area contributed by atoms with Gasteiger partial charge in [0.15, 0.2) is 0 Å². The first kappa shape index (κ1) is 15.3. The number of aryl methyl sites for hydroxylation is 2. The molecule has 110 valence electrons. The normalized spacial score (nSPS) is 10.4. The van der Waals surface area contributed by atoms with Crippen molar-refractivity contribution >= 4 is 5.91 Å². The minimum Gasteiger partial charge on any atom is -0.380 e. The van der Waals surface area contributed by atoms with Crippen LogP contribution in [-0.2, 0) is 17.9 Å². The number of carbonyl (C=O) groups excluding carboxylic acids is 1. The maximum atomic E-state index is 12.1. The number of benzene rings is 2. The molecule has 3 nitrogen and oxygen atoms in total. The average molecular weight is 283 g/mol. The van der Waals surface area contributed by atoms with E-state index in [2.05, 4.69) is 37.4 Å². The lowest BCUT2D eigenvalue weighted by atomic mass is 10.1. The van der Waals surface area contributed by atoms with E-state index in [0.717, 1.165) is 11.1 Å². The Morgan fingerprint density at radius 3 is 2.43 bits per heavy atom. The van der Waals surface area contributed by atoms with Gasteiger partial charge in [-0.05, 0) is 42.7 Å². The van der Waals surface area contributed by atoms with Crippen LogP contribution in [-0.4, -0.2) is 13.0 Å². The van der Waals surface area contributed by atoms with Gasteiger partial charge in [0.05, 0.1) is 6.61 Å². The number of methoxy groups -OCH3 is 1. The molecule has 0 fully saturated rings. The summed E-state index contributed by atoms with van der Waals surface area (Å²) in [7, 11) is 1.66. The second kappa shape index (κ2) is 7.04. The van der Waals surface area contributed by atoms with E-state index in [1.54, 1.807) is 7.11 Å². The van der Waals surface area contributed by atoms with Crippen LogP contribution < -0.4 is 5.32 Å². The zero-order valence-electron chi connectivity index (χ0n) is 12.8. The van der Waals surface area contributed by atoms with Crippen molar-refractivity contribution in [2.24, 2.45) is 0 Å². The summed E-state index contributed by atoms with van der Waals surface area (Å²) in [6.07, 6.45) is 0. The Labute approximate surface area is 126 Å². The van der Waals surface area contributed by atoms with Crippen molar-refractivity contribution in [1.82, 2.24) is 5.32 Å². The Bertz CT molecular complexity index is 618. The van der Waals surface area contributed by atoms with Crippen LogP contribution in [0.15, 0.2) is 42.5 Å². The van der Waals surface area contributed by atoms with E-state index in [9.17, 15) is 4.79 Å². The third-order valence-electron chi connectivity index (χ3n) is 3.46. The minimum absolute atomic E-state index is 0.0565. The van der Waals surface area contributed by atoms with E-state index in [1.807, 2.05) is 24.3 Å². The van der Waals surface area contributed by atoms with Gasteiger partial charge in [0.25, 0.3) is 5.91 Å². The Morgan fingerprint density at radius 2 is 1.81 bits per heavy atom. The largest absolute Gasteiger partial charge is 0.380 e. The Hall–Kier alpha value is -2.13. The van der Waals surface area contributed by atoms with Crippen molar-refractivity contribution in [3.63, 3.8) is 0 Å². The van der Waals surface area contributed by atoms with Crippen molar-refractivity contribution in [1.29, 1.82) is 0 Å². The summed E-state index contributed by atoms with van der Waals surface area (Å²) in [6, 6.07) is 13.7. The molecule has 0 heterocycles. The van der Waals surface area contributed by atoms with Gasteiger partial charge in [-0.2, -0.15) is 0 Å². The van der Waals surface area contributed by atoms with Crippen LogP contribution in [0.2, 0.25) is 0 Å². The number of hydrogen-bond acceptors (Lipinski definition) is 2. The van der Waals surface area contributed by atoms with E-state index in [1.165, 1.54) is 11.1 Å². The molecule has 0 unspecified atom stereocenters. The van der Waals surface area contributed by atoms with Gasteiger partial charge in [-0.1, -0.05) is 35.9 Å². The molecule has 0 aromatic heterocycles. The molecule has 0 radical (unpaired) electrons. The van der Waals surface area contributed by atoms with Gasteiger partial charge < -0.3 is 10.1 Å². The van der Waals surface area contributed by atoms with Crippen LogP contribution in [0, 0.1) is 13.8 Å². The van der Waals surface area contributed by atoms with Crippen molar-refractivity contribution < 1.29 is 9.53 Å². The number of rotatable bonds is 5. The maximum absolute atomic E-state index is 12.1. The maximum Gasteiger partial charge on any atom is 0.251 e. The minimum atomic E-state index is -0.0565. The van der Waals surface area contributed by atoms with E-state index < -0.39 is 0 Å². The summed E-state index contributed by atoms with van der Waals surface area (Å²) < 4.78 is 5.06. The highest BCUT2D eigenvalue weighted by molar-refractivity contribution is 5.94. The number of amides is 1. The van der Waals surface area contributed by atoms with E-state index in [0.29, 0.717) is 18.7 Å². The van der Waals surface area contributed by atoms with Crippen molar-refractivity contribution in [3.05, 3.63) is 70.3 Å². The second-order valence-electron chi connectivity index (χ2n) is 5.24. The Balaban J connectivity index is 1.98. The molecule has 0 spiro atoms. The monoisotopic (exact) mass is 283 g/mol. The SMILES string of the molecule is COCc1ccc(C(=O)NCc2ccc(C)cc2C)cc1. The first-order chi connectivity index (χ1) is 10.1. The fraction of sp³-hybridized carbons (Fsp3) is 0.278. The molecular formula is C18H21NO2. The molecule has 0 saturated carbocycles. The van der Waals surface area contributed by atoms with Crippen LogP contribution in [0.4, 0.5) is 0 Å². The van der Waals surface area contributed by atoms with E-state index in [4.69, 9.17) is 4.74 Å². The number of hydrogen-bond donors (Lipinski definition) is 1. The molecule has 0 atom stereocenters. The summed E-state index contributed by atoms with van der Waals surface area (Å²) >= 11 is 0. The molecule has 1 N–H and O–H groups in total. The van der Waals surface area contributed by atoms with Crippen molar-refractivity contribution in [2.75, 3.05) is 7.11 Å². The second-order valence-corrected chi connectivity index (χ2v) is 5.24. The summed E-state index contributed by atoms with van der Waals surface area (Å²) in [5, 5.41) is 2.96. The quantitative estimate of drug-likeness (QED) is 0.913. The molecule has 0 bridgehead atoms. The molecule has 3 heteroatoms. The molecule has 0 aliphatic heterocycles. The van der Waals surface area contributed by atoms with Crippen LogP contribution in [0.25, 0.3) is 0 Å². The lowest BCUT2D eigenvalue weighted by molar-refractivity contribution is 0.0951. The third kappa shape index (κ3) is 4.17. The van der Waals surface area contributed by atoms with Gasteiger partial charge in [0.2, 0.25) is 0 Å². The van der Waals surface area contributed by atoms with Crippen LogP contribution in [0.5, 0.6) is 0 Å². The molecule has 21 heavy (non-hydrogen) atoms. The highest BCUT2D eigenvalue weighted by atomic mass is 16.5. The van der Waals surface area contributed by atoms with Gasteiger partial charge in [0.1, 0.15) is 0 Å². The number of carbonyl (C=O) groups is 1. The predicted octanol–water partition coefficient (Wildman–Crippen LogP) is 3.38. The Kier molecular flexibility index (Phi) is 5.12. The standard InChI is InChI=1S/C18H21NO2/c1-13-4-7-17(14(2)10-13)11-19-18(20)16-8-5-15(6-9-16)12-21-3/h4-10H,11-12H2,1-3H3,(H,19,20). The molecule has 2 aromatic rings. The van der Waals surface area contributed by atoms with Gasteiger partial charge >= 0.3 is 0 Å². The van der Waals surface area contributed by atoms with Gasteiger partial charge in [-0.3, -0.25) is 4.79 Å². The Morgan fingerprint density at radius 1 is 1.10 bits per heavy atom. The molecule has 0 aliphatic carbocycles. The van der Waals surface area contributed by atoms with Crippen LogP contribution >= 0.6 is 0 Å². The topological polar surface area (TPSA) is 38.3 Å². The predicted molar refractivity (Wildman–Crippen MR) is 84.2 cm³/mol. The summed E-state index contributed by atoms with van der Waals surface area (Å²) in [5.74, 6) is -0.0565. The fourth-order valence-corrected chi connectivity index (χ4v) is 2.24. The number of ether oxygens (including phenoxy) is 1. The van der Waals surface area contributed by atoms with Crippen molar-refractivity contribution in [2.45, 2.75) is 27.0 Å². The summed E-state index contributed by atoms with van der Waals surface area (Å²) in [4.78, 5) is 12.1. The summed E-state index contributed by atoms with van der Waals surface area (Å²) in [5.41, 5.74) is 5.30. The molecule has 0 aliphatic rings. The fourth-order valence-electron chi connectivity index (χ4n) is 2.24. The van der Waals surface area contributed by atoms with Gasteiger partial charge in [0, 0.05) is 19.2 Å². The van der Waals surface area contributed by atoms with Crippen molar-refractivity contribution in [3.8, 4) is 0 Å². The van der Waals surface area contributed by atoms with Crippen LogP contribution in [0.3, 0.4) is 0 Å². The van der Waals surface area contributed by atoms with Gasteiger partial charge in [-0.15, -0.1) is 0 Å². The lowest BCUT2D eigenvalue weighted by Crippen LogP contribution is -2.23. The smallest absolute Gasteiger partial charge is 0.251 e. The lowest BCUT2D eigenvalue weighted by Gasteiger charge is -2.09. The zero-order chi connectivity index (χ0) is 15.2. The third-order valence-corrected chi connectivity index (χ3v) is 3.46. The highest BCUT2D eigenvalue weighted by Crippen LogP contribution is 2.11. The average Bonchev–Trinajstić information content (AvgIpc) is 2.47.